The van der Waals surface area contributed by atoms with E-state index in [-0.39, 0.29) is 24.5 Å². The Balaban J connectivity index is 2.72. The minimum absolute atomic E-state index is 0.0274. The fourth-order valence-corrected chi connectivity index (χ4v) is 3.47. The van der Waals surface area contributed by atoms with Crippen molar-refractivity contribution < 1.29 is 23.1 Å². The molecule has 0 bridgehead atoms. The number of aliphatic carboxylic acids is 1. The van der Waals surface area contributed by atoms with Gasteiger partial charge in [0.05, 0.1) is 24.0 Å². The van der Waals surface area contributed by atoms with Crippen molar-refractivity contribution in [3.8, 4) is 12.3 Å². The van der Waals surface area contributed by atoms with E-state index < -0.39 is 34.2 Å². The van der Waals surface area contributed by atoms with E-state index in [2.05, 4.69) is 5.92 Å². The average molecular weight is 259 g/mol. The van der Waals surface area contributed by atoms with Crippen molar-refractivity contribution in [3.05, 3.63) is 0 Å². The molecule has 1 atom stereocenters. The number of carboxylic acids is 1. The first kappa shape index (κ1) is 13.5. The highest BCUT2D eigenvalue weighted by Gasteiger charge is 2.35. The van der Waals surface area contributed by atoms with Crippen molar-refractivity contribution in [2.24, 2.45) is 5.92 Å². The Morgan fingerprint density at radius 1 is 1.47 bits per heavy atom. The molecule has 0 radical (unpaired) electrons. The molecule has 1 aliphatic rings. The molecular weight excluding hydrogens is 246 g/mol. The highest BCUT2D eigenvalue weighted by molar-refractivity contribution is 7.91. The van der Waals surface area contributed by atoms with Crippen LogP contribution in [0.2, 0.25) is 0 Å². The van der Waals surface area contributed by atoms with Crippen LogP contribution in [0.1, 0.15) is 6.42 Å². The van der Waals surface area contributed by atoms with E-state index in [1.165, 1.54) is 0 Å². The van der Waals surface area contributed by atoms with Gasteiger partial charge in [0, 0.05) is 0 Å². The van der Waals surface area contributed by atoms with Gasteiger partial charge in [-0.3, -0.25) is 9.59 Å². The third kappa shape index (κ3) is 3.75. The van der Waals surface area contributed by atoms with E-state index in [4.69, 9.17) is 11.5 Å². The Morgan fingerprint density at radius 3 is 2.53 bits per heavy atom. The van der Waals surface area contributed by atoms with Crippen molar-refractivity contribution in [1.82, 2.24) is 4.90 Å². The predicted molar refractivity (Wildman–Crippen MR) is 59.8 cm³/mol. The second-order valence-corrected chi connectivity index (χ2v) is 6.12. The molecule has 0 aliphatic carbocycles. The van der Waals surface area contributed by atoms with Crippen LogP contribution in [0.3, 0.4) is 0 Å². The summed E-state index contributed by atoms with van der Waals surface area (Å²) in [4.78, 5) is 23.4. The van der Waals surface area contributed by atoms with Crippen LogP contribution < -0.4 is 0 Å². The standard InChI is InChI=1S/C10H13NO5S/c1-2-4-11(6-9(12)13)10(14)8-3-5-17(15,16)7-8/h1,8H,3-7H2,(H,12,13). The molecule has 1 saturated heterocycles. The Kier molecular flexibility index (Phi) is 4.12. The first-order valence-corrected chi connectivity index (χ1v) is 6.82. The van der Waals surface area contributed by atoms with Crippen LogP contribution in [-0.4, -0.2) is 54.9 Å². The average Bonchev–Trinajstić information content (AvgIpc) is 2.56. The SMILES string of the molecule is C#CCN(CC(=O)O)C(=O)C1CCS(=O)(=O)C1. The van der Waals surface area contributed by atoms with Gasteiger partial charge in [0.15, 0.2) is 9.84 Å². The molecule has 0 aromatic carbocycles. The maximum Gasteiger partial charge on any atom is 0.323 e. The quantitative estimate of drug-likeness (QED) is 0.652. The molecule has 1 unspecified atom stereocenters. The first-order valence-electron chi connectivity index (χ1n) is 5.00. The van der Waals surface area contributed by atoms with E-state index >= 15 is 0 Å². The Labute approximate surface area is 99.5 Å². The summed E-state index contributed by atoms with van der Waals surface area (Å²) in [5, 5.41) is 8.62. The molecule has 0 aromatic rings. The van der Waals surface area contributed by atoms with E-state index in [1.54, 1.807) is 0 Å². The van der Waals surface area contributed by atoms with Crippen LogP contribution in [0.15, 0.2) is 0 Å². The number of amides is 1. The van der Waals surface area contributed by atoms with Crippen LogP contribution in [-0.2, 0) is 19.4 Å². The zero-order chi connectivity index (χ0) is 13.1. The summed E-state index contributed by atoms with van der Waals surface area (Å²) in [5.74, 6) is -0.378. The maximum atomic E-state index is 11.9. The number of hydrogen-bond acceptors (Lipinski definition) is 4. The number of carbonyl (C=O) groups excluding carboxylic acids is 1. The summed E-state index contributed by atoms with van der Waals surface area (Å²) < 4.78 is 22.4. The second-order valence-electron chi connectivity index (χ2n) is 3.89. The highest BCUT2D eigenvalue weighted by atomic mass is 32.2. The van der Waals surface area contributed by atoms with Crippen molar-refractivity contribution >= 4 is 21.7 Å². The summed E-state index contributed by atoms with van der Waals surface area (Å²) in [5.41, 5.74) is 0. The van der Waals surface area contributed by atoms with E-state index in [9.17, 15) is 18.0 Å². The topological polar surface area (TPSA) is 91.8 Å². The molecule has 0 spiro atoms. The minimum Gasteiger partial charge on any atom is -0.480 e. The Morgan fingerprint density at radius 2 is 2.12 bits per heavy atom. The van der Waals surface area contributed by atoms with Gasteiger partial charge in [0.25, 0.3) is 0 Å². The summed E-state index contributed by atoms with van der Waals surface area (Å²) in [6, 6.07) is 0. The smallest absolute Gasteiger partial charge is 0.323 e. The zero-order valence-electron chi connectivity index (χ0n) is 9.13. The van der Waals surface area contributed by atoms with Gasteiger partial charge in [-0.2, -0.15) is 0 Å². The molecule has 6 nitrogen and oxygen atoms in total. The van der Waals surface area contributed by atoms with Crippen molar-refractivity contribution in [1.29, 1.82) is 0 Å². The third-order valence-electron chi connectivity index (χ3n) is 2.50. The van der Waals surface area contributed by atoms with Gasteiger partial charge in [-0.05, 0) is 6.42 Å². The minimum atomic E-state index is -3.16. The lowest BCUT2D eigenvalue weighted by molar-refractivity contribution is -0.145. The van der Waals surface area contributed by atoms with Gasteiger partial charge < -0.3 is 10.0 Å². The van der Waals surface area contributed by atoms with Crippen LogP contribution >= 0.6 is 0 Å². The second kappa shape index (κ2) is 5.19. The molecule has 1 N–H and O–H groups in total. The number of hydrogen-bond donors (Lipinski definition) is 1. The number of terminal acetylenes is 1. The fraction of sp³-hybridized carbons (Fsp3) is 0.600. The zero-order valence-corrected chi connectivity index (χ0v) is 9.94. The predicted octanol–water partition coefficient (Wildman–Crippen LogP) is -1.03. The first-order chi connectivity index (χ1) is 7.85. The number of rotatable bonds is 4. The molecule has 1 aliphatic heterocycles. The van der Waals surface area contributed by atoms with Crippen molar-refractivity contribution in [2.45, 2.75) is 6.42 Å². The molecule has 0 saturated carbocycles. The van der Waals surface area contributed by atoms with E-state index in [1.807, 2.05) is 0 Å². The summed E-state index contributed by atoms with van der Waals surface area (Å²) in [6.45, 7) is -0.624. The number of nitrogens with zero attached hydrogens (tertiary/aromatic N) is 1. The van der Waals surface area contributed by atoms with Gasteiger partial charge in [0.1, 0.15) is 6.54 Å². The van der Waals surface area contributed by atoms with Crippen LogP contribution in [0.5, 0.6) is 0 Å². The van der Waals surface area contributed by atoms with Gasteiger partial charge in [0.2, 0.25) is 5.91 Å². The number of carbonyl (C=O) groups is 2. The molecule has 7 heteroatoms. The van der Waals surface area contributed by atoms with E-state index in [0.29, 0.717) is 0 Å². The molecule has 17 heavy (non-hydrogen) atoms. The monoisotopic (exact) mass is 259 g/mol. The summed E-state index contributed by atoms with van der Waals surface area (Å²) >= 11 is 0. The van der Waals surface area contributed by atoms with Crippen molar-refractivity contribution in [2.75, 3.05) is 24.6 Å². The van der Waals surface area contributed by atoms with Gasteiger partial charge in [-0.25, -0.2) is 8.42 Å². The fourth-order valence-electron chi connectivity index (χ4n) is 1.73. The molecule has 1 amide bonds. The van der Waals surface area contributed by atoms with E-state index in [0.717, 1.165) is 4.90 Å². The maximum absolute atomic E-state index is 11.9. The lowest BCUT2D eigenvalue weighted by Crippen LogP contribution is -2.40. The third-order valence-corrected chi connectivity index (χ3v) is 4.27. The summed E-state index contributed by atoms with van der Waals surface area (Å²) in [7, 11) is -3.16. The Bertz CT molecular complexity index is 462. The summed E-state index contributed by atoms with van der Waals surface area (Å²) in [6.07, 6.45) is 5.28. The van der Waals surface area contributed by atoms with Gasteiger partial charge >= 0.3 is 5.97 Å². The highest BCUT2D eigenvalue weighted by Crippen LogP contribution is 2.20. The van der Waals surface area contributed by atoms with Crippen molar-refractivity contribution in [3.63, 3.8) is 0 Å². The molecule has 1 fully saturated rings. The normalized spacial score (nSPS) is 21.7. The number of carboxylic acid groups (broad SMARTS) is 1. The van der Waals surface area contributed by atoms with Crippen LogP contribution in [0.25, 0.3) is 0 Å². The van der Waals surface area contributed by atoms with Gasteiger partial charge in [-0.1, -0.05) is 5.92 Å². The number of sulfone groups is 1. The molecule has 94 valence electrons. The lowest BCUT2D eigenvalue weighted by atomic mass is 10.1. The molecular formula is C10H13NO5S. The van der Waals surface area contributed by atoms with Crippen LogP contribution in [0.4, 0.5) is 0 Å². The molecule has 1 rings (SSSR count). The van der Waals surface area contributed by atoms with Gasteiger partial charge in [-0.15, -0.1) is 6.42 Å². The molecule has 0 aromatic heterocycles. The largest absolute Gasteiger partial charge is 0.480 e. The molecule has 1 heterocycles. The lowest BCUT2D eigenvalue weighted by Gasteiger charge is -2.20. The van der Waals surface area contributed by atoms with Crippen LogP contribution in [0, 0.1) is 18.3 Å². The Hall–Kier alpha value is -1.55.